The molecule has 0 saturated heterocycles. The lowest BCUT2D eigenvalue weighted by atomic mass is 10.2. The first-order valence-electron chi connectivity index (χ1n) is 2.83. The van der Waals surface area contributed by atoms with E-state index >= 15 is 0 Å². The second-order valence-corrected chi connectivity index (χ2v) is 3.16. The van der Waals surface area contributed by atoms with E-state index in [0.29, 0.717) is 0 Å². The van der Waals surface area contributed by atoms with Gasteiger partial charge in [-0.25, -0.2) is 0 Å². The highest BCUT2D eigenvalue weighted by molar-refractivity contribution is 14.0. The Morgan fingerprint density at radius 1 is 1.10 bits per heavy atom. The van der Waals surface area contributed by atoms with E-state index in [1.54, 1.807) is 0 Å². The van der Waals surface area contributed by atoms with E-state index in [1.165, 1.54) is 26.3 Å². The summed E-state index contributed by atoms with van der Waals surface area (Å²) in [5.41, 5.74) is 1.43. The first-order chi connectivity index (χ1) is 3.80. The van der Waals surface area contributed by atoms with Crippen LogP contribution in [0.3, 0.4) is 0 Å². The Balaban J connectivity index is 0. The highest BCUT2D eigenvalue weighted by Crippen LogP contribution is 1.88. The zero-order valence-corrected chi connectivity index (χ0v) is 12.8. The second-order valence-electron chi connectivity index (χ2n) is 2.08. The number of rotatable bonds is 0. The molecule has 0 aliphatic heterocycles. The summed E-state index contributed by atoms with van der Waals surface area (Å²) in [7, 11) is 0. The van der Waals surface area contributed by atoms with E-state index in [-0.39, 0.29) is 48.0 Å². The average molecular weight is 376 g/mol. The molecular formula is C7H11AlI2. The van der Waals surface area contributed by atoms with Crippen molar-refractivity contribution in [3.63, 3.8) is 0 Å². The first kappa shape index (κ1) is 13.8. The summed E-state index contributed by atoms with van der Waals surface area (Å²) in [4.78, 5) is 0. The van der Waals surface area contributed by atoms with Crippen molar-refractivity contribution in [2.24, 2.45) is 0 Å². The zero-order valence-electron chi connectivity index (χ0n) is 6.13. The molecule has 10 heavy (non-hydrogen) atoms. The number of aryl methyl sites for hydroxylation is 1. The molecule has 0 spiro atoms. The van der Waals surface area contributed by atoms with E-state index in [9.17, 15) is 0 Å². The molecule has 0 saturated carbocycles. The molecule has 0 N–H and O–H groups in total. The van der Waals surface area contributed by atoms with E-state index in [0.717, 1.165) is 0 Å². The highest BCUT2D eigenvalue weighted by atomic mass is 127. The van der Waals surface area contributed by atoms with Crippen LogP contribution in [0.15, 0.2) is 24.3 Å². The topological polar surface area (TPSA) is 0 Å². The van der Waals surface area contributed by atoms with Crippen molar-refractivity contribution < 1.29 is 0 Å². The molecule has 0 amide bonds. The molecule has 1 aromatic rings. The zero-order chi connectivity index (χ0) is 5.98. The maximum atomic E-state index is 2.18. The van der Waals surface area contributed by atoms with E-state index in [4.69, 9.17) is 0 Å². The number of hydrogen-bond acceptors (Lipinski definition) is 0. The van der Waals surface area contributed by atoms with Crippen molar-refractivity contribution >= 4 is 68.7 Å². The van der Waals surface area contributed by atoms with Gasteiger partial charge in [-0.3, -0.25) is 0 Å². The molecule has 0 bridgehead atoms. The normalized spacial score (nSPS) is 7.30. The summed E-state index contributed by atoms with van der Waals surface area (Å²) in [5.74, 6) is 0. The first-order valence-corrected chi connectivity index (χ1v) is 3.83. The second kappa shape index (κ2) is 6.89. The monoisotopic (exact) mass is 376 g/mol. The molecule has 1 rings (SSSR count). The van der Waals surface area contributed by atoms with Crippen molar-refractivity contribution in [3.8, 4) is 0 Å². The third kappa shape index (κ3) is 4.17. The van der Waals surface area contributed by atoms with Gasteiger partial charge in [0.1, 0.15) is 0 Å². The molecule has 0 aromatic heterocycles. The highest BCUT2D eigenvalue weighted by Gasteiger charge is 1.84. The van der Waals surface area contributed by atoms with Crippen molar-refractivity contribution in [3.05, 3.63) is 29.8 Å². The fraction of sp³-hybridized carbons (Fsp3) is 0.143. The number of halogens is 2. The molecule has 0 unspecified atom stereocenters. The van der Waals surface area contributed by atoms with Gasteiger partial charge in [0.05, 0.1) is 0 Å². The van der Waals surface area contributed by atoms with Crippen molar-refractivity contribution in [2.75, 3.05) is 0 Å². The predicted octanol–water partition coefficient (Wildman–Crippen LogP) is 1.49. The third-order valence-corrected chi connectivity index (χ3v) is 2.55. The van der Waals surface area contributed by atoms with Gasteiger partial charge in [-0.1, -0.05) is 29.8 Å². The lowest BCUT2D eigenvalue weighted by Gasteiger charge is -1.94. The molecule has 3 heteroatoms. The average Bonchev–Trinajstić information content (AvgIpc) is 1.77. The van der Waals surface area contributed by atoms with Crippen LogP contribution >= 0.6 is 48.0 Å². The summed E-state index contributed by atoms with van der Waals surface area (Å²) in [6, 6.07) is 8.51. The van der Waals surface area contributed by atoms with Gasteiger partial charge >= 0.3 is 0 Å². The molecule has 1 aromatic carbocycles. The Morgan fingerprint density at radius 3 is 1.90 bits per heavy atom. The Kier molecular flexibility index (Phi) is 9.50. The Hall–Kier alpha value is 1.21. The molecule has 0 atom stereocenters. The van der Waals surface area contributed by atoms with Crippen molar-refractivity contribution in [2.45, 2.75) is 6.92 Å². The van der Waals surface area contributed by atoms with E-state index in [2.05, 4.69) is 31.2 Å². The minimum absolute atomic E-state index is 0. The molecule has 56 valence electrons. The van der Waals surface area contributed by atoms with Crippen LogP contribution in [-0.2, 0) is 0 Å². The third-order valence-electron chi connectivity index (χ3n) is 1.43. The summed E-state index contributed by atoms with van der Waals surface area (Å²) in [6.45, 7) is 2.16. The number of benzene rings is 1. The van der Waals surface area contributed by atoms with E-state index < -0.39 is 0 Å². The van der Waals surface area contributed by atoms with Crippen LogP contribution in [0.4, 0.5) is 0 Å². The summed E-state index contributed by atoms with van der Waals surface area (Å²) >= 11 is 1.18. The van der Waals surface area contributed by atoms with Crippen molar-refractivity contribution in [1.82, 2.24) is 0 Å². The van der Waals surface area contributed by atoms with Gasteiger partial charge in [-0.2, -0.15) is 0 Å². The SMILES string of the molecule is Cc1cccc[c]1[AlH2].I.I. The summed E-state index contributed by atoms with van der Waals surface area (Å²) in [6.07, 6.45) is 0. The van der Waals surface area contributed by atoms with Crippen LogP contribution in [0.1, 0.15) is 5.56 Å². The van der Waals surface area contributed by atoms with Gasteiger partial charge < -0.3 is 0 Å². The predicted molar refractivity (Wildman–Crippen MR) is 70.2 cm³/mol. The standard InChI is InChI=1S/C7H7.Al.2HI.2H/c1-7-5-3-2-4-6-7;;;;;/h2-5H,1H3;;2*1H;;. The van der Waals surface area contributed by atoms with Crippen LogP contribution < -0.4 is 4.43 Å². The van der Waals surface area contributed by atoms with Gasteiger partial charge in [0.25, 0.3) is 16.3 Å². The lowest BCUT2D eigenvalue weighted by molar-refractivity contribution is 1.52. The van der Waals surface area contributed by atoms with Gasteiger partial charge in [-0.05, 0) is 6.92 Å². The Labute approximate surface area is 104 Å². The lowest BCUT2D eigenvalue weighted by Crippen LogP contribution is -2.04. The molecule has 0 radical (unpaired) electrons. The Morgan fingerprint density at radius 2 is 1.60 bits per heavy atom. The smallest absolute Gasteiger partial charge is 0.118 e. The summed E-state index contributed by atoms with van der Waals surface area (Å²) < 4.78 is 1.51. The van der Waals surface area contributed by atoms with Crippen LogP contribution in [0.25, 0.3) is 0 Å². The molecule has 0 nitrogen and oxygen atoms in total. The maximum absolute atomic E-state index is 2.18. The minimum atomic E-state index is 0. The fourth-order valence-corrected chi connectivity index (χ4v) is 1.02. The van der Waals surface area contributed by atoms with Gasteiger partial charge in [0, 0.05) is 0 Å². The summed E-state index contributed by atoms with van der Waals surface area (Å²) in [5, 5.41) is 0. The largest absolute Gasteiger partial charge is 0.259 e. The molecular weight excluding hydrogens is 365 g/mol. The van der Waals surface area contributed by atoms with Gasteiger partial charge in [0.15, 0.2) is 0 Å². The molecule has 0 aliphatic carbocycles. The fourth-order valence-electron chi connectivity index (χ4n) is 0.663. The number of hydrogen-bond donors (Lipinski definition) is 0. The molecule has 0 heterocycles. The minimum Gasteiger partial charge on any atom is -0.118 e. The molecule has 0 fully saturated rings. The van der Waals surface area contributed by atoms with Crippen LogP contribution in [0.5, 0.6) is 0 Å². The van der Waals surface area contributed by atoms with Crippen LogP contribution in [0, 0.1) is 6.92 Å². The van der Waals surface area contributed by atoms with Crippen LogP contribution in [0.2, 0.25) is 0 Å². The van der Waals surface area contributed by atoms with Gasteiger partial charge in [-0.15, -0.1) is 52.4 Å². The van der Waals surface area contributed by atoms with Crippen LogP contribution in [-0.4, -0.2) is 16.3 Å². The van der Waals surface area contributed by atoms with E-state index in [1.807, 2.05) is 0 Å². The Bertz CT molecular complexity index is 168. The van der Waals surface area contributed by atoms with Gasteiger partial charge in [0.2, 0.25) is 0 Å². The maximum Gasteiger partial charge on any atom is 0.259 e. The van der Waals surface area contributed by atoms with Crippen molar-refractivity contribution in [1.29, 1.82) is 0 Å². The quantitative estimate of drug-likeness (QED) is 0.476. The molecule has 0 aliphatic rings.